The van der Waals surface area contributed by atoms with Crippen LogP contribution in [0.5, 0.6) is 0 Å². The second-order valence-corrected chi connectivity index (χ2v) is 9.11. The number of nitrogens with zero attached hydrogens (tertiary/aromatic N) is 2. The zero-order valence-electron chi connectivity index (χ0n) is 18.3. The molecule has 4 rings (SSSR count). The molecule has 1 N–H and O–H groups in total. The fraction of sp³-hybridized carbons (Fsp3) is 0.250. The van der Waals surface area contributed by atoms with Crippen LogP contribution >= 0.6 is 22.6 Å². The minimum Gasteiger partial charge on any atom is -0.380 e. The van der Waals surface area contributed by atoms with E-state index in [0.717, 1.165) is 15.7 Å². The number of hydrogen-bond donors (Lipinski definition) is 1. The molecule has 34 heavy (non-hydrogen) atoms. The van der Waals surface area contributed by atoms with Crippen LogP contribution in [-0.2, 0) is 9.47 Å². The van der Waals surface area contributed by atoms with Gasteiger partial charge in [0.25, 0.3) is 11.5 Å². The van der Waals surface area contributed by atoms with Crippen molar-refractivity contribution >= 4 is 34.3 Å². The van der Waals surface area contributed by atoms with E-state index >= 15 is 0 Å². The van der Waals surface area contributed by atoms with Crippen molar-refractivity contribution in [1.29, 1.82) is 0 Å². The highest BCUT2D eigenvalue weighted by Crippen LogP contribution is 2.24. The first-order valence-electron chi connectivity index (χ1n) is 10.4. The van der Waals surface area contributed by atoms with Crippen molar-refractivity contribution in [1.82, 2.24) is 9.13 Å². The molecule has 1 aliphatic rings. The topological polar surface area (TPSA) is 117 Å². The molecule has 9 nitrogen and oxygen atoms in total. The molecule has 1 saturated heterocycles. The number of aliphatic hydroxyl groups is 1. The molecule has 0 radical (unpaired) electrons. The number of ketones is 1. The van der Waals surface area contributed by atoms with E-state index < -0.39 is 41.6 Å². The van der Waals surface area contributed by atoms with Crippen LogP contribution in [0, 0.1) is 17.4 Å². The van der Waals surface area contributed by atoms with Crippen molar-refractivity contribution in [3.63, 3.8) is 0 Å². The van der Waals surface area contributed by atoms with E-state index in [9.17, 15) is 24.3 Å². The van der Waals surface area contributed by atoms with E-state index in [1.165, 1.54) is 18.3 Å². The molecule has 1 fully saturated rings. The van der Waals surface area contributed by atoms with Crippen molar-refractivity contribution in [2.24, 2.45) is 0 Å². The zero-order chi connectivity index (χ0) is 24.6. The fourth-order valence-electron chi connectivity index (χ4n) is 3.49. The summed E-state index contributed by atoms with van der Waals surface area (Å²) in [5.41, 5.74) is 0.688. The van der Waals surface area contributed by atoms with E-state index in [4.69, 9.17) is 9.47 Å². The maximum atomic E-state index is 13.1. The molecule has 0 amide bonds. The van der Waals surface area contributed by atoms with Gasteiger partial charge >= 0.3 is 5.69 Å². The van der Waals surface area contributed by atoms with Crippen LogP contribution in [0.25, 0.3) is 0 Å². The van der Waals surface area contributed by atoms with Crippen LogP contribution in [0.15, 0.2) is 64.3 Å². The predicted molar refractivity (Wildman–Crippen MR) is 130 cm³/mol. The molecule has 0 saturated carbocycles. The maximum Gasteiger partial charge on any atom is 0.340 e. The third-order valence-corrected chi connectivity index (χ3v) is 6.18. The van der Waals surface area contributed by atoms with Gasteiger partial charge in [0.2, 0.25) is 0 Å². The average molecular weight is 576 g/mol. The molecular formula is C24H21IN2O7. The molecule has 10 heteroatoms. The summed E-state index contributed by atoms with van der Waals surface area (Å²) >= 11 is 1.73. The summed E-state index contributed by atoms with van der Waals surface area (Å²) in [6, 6.07) is 13.1. The van der Waals surface area contributed by atoms with E-state index in [0.29, 0.717) is 4.57 Å². The molecule has 0 aliphatic carbocycles. The van der Waals surface area contributed by atoms with Gasteiger partial charge in [-0.05, 0) is 48.6 Å². The Balaban J connectivity index is 1.60. The average Bonchev–Trinajstić information content (AvgIpc) is 3.31. The number of ether oxygens (including phenoxy) is 2. The van der Waals surface area contributed by atoms with Gasteiger partial charge in [-0.2, -0.15) is 4.57 Å². The lowest BCUT2D eigenvalue weighted by molar-refractivity contribution is -0.125. The van der Waals surface area contributed by atoms with E-state index in [2.05, 4.69) is 0 Å². The monoisotopic (exact) mass is 576 g/mol. The molecule has 0 spiro atoms. The summed E-state index contributed by atoms with van der Waals surface area (Å²) in [5.74, 6) is -1.36. The minimum atomic E-state index is -1.62. The molecule has 3 atom stereocenters. The highest BCUT2D eigenvalue weighted by Gasteiger charge is 2.38. The third kappa shape index (κ3) is 4.67. The molecule has 1 aliphatic heterocycles. The van der Waals surface area contributed by atoms with Crippen LogP contribution in [0.4, 0.5) is 0 Å². The minimum absolute atomic E-state index is 0.112. The maximum absolute atomic E-state index is 13.1. The van der Waals surface area contributed by atoms with E-state index in [1.807, 2.05) is 13.8 Å². The lowest BCUT2D eigenvalue weighted by Crippen LogP contribution is -2.46. The van der Waals surface area contributed by atoms with Gasteiger partial charge in [-0.3, -0.25) is 19.0 Å². The highest BCUT2D eigenvalue weighted by molar-refractivity contribution is 14.1. The molecule has 0 bridgehead atoms. The Morgan fingerprint density at radius 1 is 1.00 bits per heavy atom. The Morgan fingerprint density at radius 3 is 2.15 bits per heavy atom. The Labute approximate surface area is 207 Å². The van der Waals surface area contributed by atoms with Gasteiger partial charge in [0.1, 0.15) is 0 Å². The van der Waals surface area contributed by atoms with E-state index in [-0.39, 0.29) is 21.3 Å². The number of carbonyl (C=O) groups is 2. The van der Waals surface area contributed by atoms with Crippen molar-refractivity contribution in [2.75, 3.05) is 6.61 Å². The number of aliphatic hydroxyl groups excluding tert-OH is 1. The van der Waals surface area contributed by atoms with Crippen LogP contribution in [0.2, 0.25) is 0 Å². The number of aromatic nitrogens is 2. The Morgan fingerprint density at radius 2 is 1.56 bits per heavy atom. The van der Waals surface area contributed by atoms with Crippen molar-refractivity contribution in [2.45, 2.75) is 32.5 Å². The summed E-state index contributed by atoms with van der Waals surface area (Å²) < 4.78 is 12.8. The van der Waals surface area contributed by atoms with Gasteiger partial charge in [0, 0.05) is 17.3 Å². The summed E-state index contributed by atoms with van der Waals surface area (Å²) in [6.07, 6.45) is -2.74. The summed E-state index contributed by atoms with van der Waals surface area (Å²) in [6.45, 7) is 3.56. The number of halogens is 1. The van der Waals surface area contributed by atoms with Crippen LogP contribution in [-0.4, -0.2) is 44.9 Å². The molecule has 2 aromatic carbocycles. The number of aryl methyl sites for hydroxylation is 2. The SMILES string of the molecule is Cc1ccc(C(=O)C(O)[C@H]2OC[C@@H](n3cc(I)c(=O)n(C(=O)c4ccc(C)cc4)c3=O)O2)cc1. The number of rotatable bonds is 5. The Hall–Kier alpha value is -2.93. The first-order chi connectivity index (χ1) is 16.2. The van der Waals surface area contributed by atoms with Gasteiger partial charge in [-0.15, -0.1) is 0 Å². The summed E-state index contributed by atoms with van der Waals surface area (Å²) in [5, 5.41) is 10.5. The molecule has 1 unspecified atom stereocenters. The smallest absolute Gasteiger partial charge is 0.340 e. The molecule has 176 valence electrons. The zero-order valence-corrected chi connectivity index (χ0v) is 20.5. The van der Waals surface area contributed by atoms with Gasteiger partial charge < -0.3 is 14.6 Å². The van der Waals surface area contributed by atoms with Crippen molar-refractivity contribution in [3.05, 3.63) is 101 Å². The lowest BCUT2D eigenvalue weighted by Gasteiger charge is -2.18. The van der Waals surface area contributed by atoms with Crippen molar-refractivity contribution < 1.29 is 24.2 Å². The molecular weight excluding hydrogens is 555 g/mol. The van der Waals surface area contributed by atoms with Gasteiger partial charge in [0.15, 0.2) is 24.4 Å². The van der Waals surface area contributed by atoms with Gasteiger partial charge in [0.05, 0.1) is 10.2 Å². The lowest BCUT2D eigenvalue weighted by atomic mass is 10.0. The fourth-order valence-corrected chi connectivity index (χ4v) is 4.03. The highest BCUT2D eigenvalue weighted by atomic mass is 127. The summed E-state index contributed by atoms with van der Waals surface area (Å²) in [7, 11) is 0. The third-order valence-electron chi connectivity index (χ3n) is 5.44. The first kappa shape index (κ1) is 24.2. The standard InChI is InChI=1S/C24H21IN2O7/c1-13-3-7-15(8-4-13)19(28)20(29)23-33-12-18(34-23)26-11-17(25)22(31)27(24(26)32)21(30)16-9-5-14(2)6-10-16/h3-11,18,20,23,29H,12H2,1-2H3/t18-,20?,23-/m0/s1. The second-order valence-electron chi connectivity index (χ2n) is 7.95. The summed E-state index contributed by atoms with van der Waals surface area (Å²) in [4.78, 5) is 51.3. The van der Waals surface area contributed by atoms with E-state index in [1.54, 1.807) is 59.0 Å². The number of hydrogen-bond acceptors (Lipinski definition) is 7. The van der Waals surface area contributed by atoms with Crippen molar-refractivity contribution in [3.8, 4) is 0 Å². The normalized spacial score (nSPS) is 18.6. The largest absolute Gasteiger partial charge is 0.380 e. The van der Waals surface area contributed by atoms with Crippen LogP contribution in [0.1, 0.15) is 38.1 Å². The number of Topliss-reactive ketones (excluding diaryl/α,β-unsaturated/α-hetero) is 1. The first-order valence-corrected chi connectivity index (χ1v) is 11.5. The number of carbonyl (C=O) groups excluding carboxylic acids is 2. The quantitative estimate of drug-likeness (QED) is 0.365. The second kappa shape index (κ2) is 9.74. The van der Waals surface area contributed by atoms with Gasteiger partial charge in [-0.25, -0.2) is 4.79 Å². The number of benzene rings is 2. The Bertz CT molecular complexity index is 1360. The molecule has 2 heterocycles. The predicted octanol–water partition coefficient (Wildman–Crippen LogP) is 2.04. The van der Waals surface area contributed by atoms with Gasteiger partial charge in [-0.1, -0.05) is 47.5 Å². The Kier molecular flexibility index (Phi) is 6.94. The van der Waals surface area contributed by atoms with Crippen LogP contribution < -0.4 is 11.2 Å². The molecule has 1 aromatic heterocycles. The molecule has 3 aromatic rings. The van der Waals surface area contributed by atoms with Crippen LogP contribution in [0.3, 0.4) is 0 Å².